The van der Waals surface area contributed by atoms with Crippen molar-refractivity contribution in [3.63, 3.8) is 0 Å². The molecule has 5 heteroatoms. The number of benzene rings is 3. The Hall–Kier alpha value is -3.47. The van der Waals surface area contributed by atoms with E-state index in [1.807, 2.05) is 78.9 Å². The van der Waals surface area contributed by atoms with Gasteiger partial charge in [0, 0.05) is 12.1 Å². The second-order valence-electron chi connectivity index (χ2n) is 8.88. The monoisotopic (exact) mass is 459 g/mol. The van der Waals surface area contributed by atoms with Crippen LogP contribution in [0.1, 0.15) is 41.6 Å². The molecule has 1 saturated carbocycles. The number of nitrogens with one attached hydrogen (secondary N) is 1. The zero-order chi connectivity index (χ0) is 23.6. The average Bonchev–Trinajstić information content (AvgIpc) is 2.91. The highest BCUT2D eigenvalue weighted by Gasteiger charge is 2.22. The highest BCUT2D eigenvalue weighted by molar-refractivity contribution is 5.94. The van der Waals surface area contributed by atoms with E-state index in [4.69, 9.17) is 14.2 Å². The topological polar surface area (TPSA) is 56.8 Å². The molecule has 1 fully saturated rings. The second-order valence-corrected chi connectivity index (χ2v) is 8.88. The molecule has 0 aromatic heterocycles. The normalized spacial score (nSPS) is 17.6. The Morgan fingerprint density at radius 3 is 2.03 bits per heavy atom. The van der Waals surface area contributed by atoms with Gasteiger partial charge in [-0.05, 0) is 91.6 Å². The molecule has 3 aromatic rings. The van der Waals surface area contributed by atoms with Crippen LogP contribution in [0.25, 0.3) is 0 Å². The van der Waals surface area contributed by atoms with Crippen molar-refractivity contribution in [2.45, 2.75) is 32.3 Å². The molecule has 1 aliphatic rings. The van der Waals surface area contributed by atoms with E-state index in [2.05, 4.69) is 5.32 Å². The lowest BCUT2D eigenvalue weighted by Gasteiger charge is -2.28. The molecule has 4 rings (SSSR count). The number of hydrogen-bond donors (Lipinski definition) is 1. The van der Waals surface area contributed by atoms with Crippen LogP contribution in [0.15, 0.2) is 78.9 Å². The van der Waals surface area contributed by atoms with Gasteiger partial charge in [-0.25, -0.2) is 0 Å². The van der Waals surface area contributed by atoms with E-state index >= 15 is 0 Å². The first kappa shape index (κ1) is 23.7. The molecule has 0 unspecified atom stereocenters. The molecule has 0 aliphatic heterocycles. The maximum absolute atomic E-state index is 12.6. The predicted molar refractivity (Wildman–Crippen MR) is 133 cm³/mol. The lowest BCUT2D eigenvalue weighted by atomic mass is 9.82. The number of carbonyl (C=O) groups excluding carboxylic acids is 1. The Labute approximate surface area is 202 Å². The fourth-order valence-electron chi connectivity index (χ4n) is 4.27. The molecule has 0 atom stereocenters. The van der Waals surface area contributed by atoms with E-state index in [0.717, 1.165) is 61.6 Å². The van der Waals surface area contributed by atoms with Crippen molar-refractivity contribution < 1.29 is 19.0 Å². The molecular weight excluding hydrogens is 426 g/mol. The molecule has 5 nitrogen and oxygen atoms in total. The third-order valence-corrected chi connectivity index (χ3v) is 6.43. The highest BCUT2D eigenvalue weighted by atomic mass is 16.5. The molecule has 0 heterocycles. The zero-order valence-corrected chi connectivity index (χ0v) is 19.7. The van der Waals surface area contributed by atoms with Crippen LogP contribution in [0.4, 0.5) is 0 Å². The molecule has 0 spiro atoms. The first-order valence-electron chi connectivity index (χ1n) is 12.0. The molecule has 1 aliphatic carbocycles. The lowest BCUT2D eigenvalue weighted by molar-refractivity contribution is 0.0938. The van der Waals surface area contributed by atoms with Crippen molar-refractivity contribution in [3.8, 4) is 17.2 Å². The third kappa shape index (κ3) is 7.01. The van der Waals surface area contributed by atoms with Gasteiger partial charge in [0.25, 0.3) is 5.91 Å². The summed E-state index contributed by atoms with van der Waals surface area (Å²) in [6, 6.07) is 25.1. The number of carbonyl (C=O) groups is 1. The first-order chi connectivity index (χ1) is 16.7. The second kappa shape index (κ2) is 12.1. The van der Waals surface area contributed by atoms with Gasteiger partial charge in [-0.15, -0.1) is 0 Å². The Morgan fingerprint density at radius 2 is 1.35 bits per heavy atom. The van der Waals surface area contributed by atoms with Gasteiger partial charge in [0.2, 0.25) is 0 Å². The minimum Gasteiger partial charge on any atom is -0.497 e. The quantitative estimate of drug-likeness (QED) is 0.411. The van der Waals surface area contributed by atoms with E-state index in [0.29, 0.717) is 24.0 Å². The number of methoxy groups -OCH3 is 1. The molecule has 3 aromatic carbocycles. The number of hydrogen-bond acceptors (Lipinski definition) is 4. The average molecular weight is 460 g/mol. The summed E-state index contributed by atoms with van der Waals surface area (Å²) >= 11 is 0. The number of rotatable bonds is 10. The molecule has 1 N–H and O–H groups in total. The number of amides is 1. The fraction of sp³-hybridized carbons (Fsp3) is 0.345. The van der Waals surface area contributed by atoms with Crippen LogP contribution in [0, 0.1) is 11.8 Å². The van der Waals surface area contributed by atoms with Crippen LogP contribution in [-0.2, 0) is 6.61 Å². The summed E-state index contributed by atoms with van der Waals surface area (Å²) in [5, 5.41) is 3.11. The summed E-state index contributed by atoms with van der Waals surface area (Å²) in [4.78, 5) is 12.6. The van der Waals surface area contributed by atoms with Crippen LogP contribution in [0.3, 0.4) is 0 Å². The van der Waals surface area contributed by atoms with Gasteiger partial charge in [-0.3, -0.25) is 4.79 Å². The van der Waals surface area contributed by atoms with Crippen LogP contribution < -0.4 is 19.5 Å². The summed E-state index contributed by atoms with van der Waals surface area (Å²) in [7, 11) is 1.66. The van der Waals surface area contributed by atoms with Crippen molar-refractivity contribution in [1.82, 2.24) is 5.32 Å². The van der Waals surface area contributed by atoms with Crippen molar-refractivity contribution in [2.24, 2.45) is 11.8 Å². The molecular formula is C29H33NO4. The Kier molecular flexibility index (Phi) is 8.44. The SMILES string of the molecule is COc1ccc(OCC2CCC(CNC(=O)c3ccc(OCc4ccccc4)cc3)CC2)cc1. The van der Waals surface area contributed by atoms with Crippen molar-refractivity contribution in [2.75, 3.05) is 20.3 Å². The van der Waals surface area contributed by atoms with E-state index in [1.54, 1.807) is 7.11 Å². The van der Waals surface area contributed by atoms with E-state index < -0.39 is 0 Å². The van der Waals surface area contributed by atoms with E-state index in [9.17, 15) is 4.79 Å². The standard InChI is InChI=1S/C29H33NO4/c1-32-26-15-17-28(18-16-26)34-21-24-9-7-22(8-10-24)19-30-29(31)25-11-13-27(14-12-25)33-20-23-5-3-2-4-6-23/h2-6,11-18,22,24H,7-10,19-21H2,1H3,(H,30,31). The zero-order valence-electron chi connectivity index (χ0n) is 19.7. The first-order valence-corrected chi connectivity index (χ1v) is 12.0. The Balaban J connectivity index is 1.14. The van der Waals surface area contributed by atoms with Crippen LogP contribution in [0.2, 0.25) is 0 Å². The summed E-state index contributed by atoms with van der Waals surface area (Å²) in [6.45, 7) is 1.97. The smallest absolute Gasteiger partial charge is 0.251 e. The maximum Gasteiger partial charge on any atom is 0.251 e. The van der Waals surface area contributed by atoms with Crippen LogP contribution >= 0.6 is 0 Å². The van der Waals surface area contributed by atoms with Crippen molar-refractivity contribution >= 4 is 5.91 Å². The fourth-order valence-corrected chi connectivity index (χ4v) is 4.27. The number of ether oxygens (including phenoxy) is 3. The minimum absolute atomic E-state index is 0.0282. The van der Waals surface area contributed by atoms with Gasteiger partial charge < -0.3 is 19.5 Å². The molecule has 1 amide bonds. The molecule has 0 radical (unpaired) electrons. The Morgan fingerprint density at radius 1 is 0.765 bits per heavy atom. The Bertz CT molecular complexity index is 1010. The van der Waals surface area contributed by atoms with Gasteiger partial charge in [-0.1, -0.05) is 30.3 Å². The van der Waals surface area contributed by atoms with E-state index in [-0.39, 0.29) is 5.91 Å². The van der Waals surface area contributed by atoms with Gasteiger partial charge in [-0.2, -0.15) is 0 Å². The van der Waals surface area contributed by atoms with Gasteiger partial charge in [0.05, 0.1) is 13.7 Å². The van der Waals surface area contributed by atoms with Crippen molar-refractivity contribution in [3.05, 3.63) is 90.0 Å². The molecule has 34 heavy (non-hydrogen) atoms. The third-order valence-electron chi connectivity index (χ3n) is 6.43. The molecule has 178 valence electrons. The summed E-state index contributed by atoms with van der Waals surface area (Å²) in [6.07, 6.45) is 4.49. The minimum atomic E-state index is -0.0282. The van der Waals surface area contributed by atoms with E-state index in [1.165, 1.54) is 0 Å². The molecule has 0 bridgehead atoms. The van der Waals surface area contributed by atoms with Crippen molar-refractivity contribution in [1.29, 1.82) is 0 Å². The van der Waals surface area contributed by atoms with Gasteiger partial charge in [0.1, 0.15) is 23.9 Å². The summed E-state index contributed by atoms with van der Waals surface area (Å²) in [5.41, 5.74) is 1.78. The summed E-state index contributed by atoms with van der Waals surface area (Å²) in [5.74, 6) is 3.54. The van der Waals surface area contributed by atoms with Gasteiger partial charge >= 0.3 is 0 Å². The molecule has 0 saturated heterocycles. The largest absolute Gasteiger partial charge is 0.497 e. The maximum atomic E-state index is 12.6. The highest BCUT2D eigenvalue weighted by Crippen LogP contribution is 2.29. The predicted octanol–water partition coefficient (Wildman–Crippen LogP) is 5.89. The summed E-state index contributed by atoms with van der Waals surface area (Å²) < 4.78 is 16.9. The van der Waals surface area contributed by atoms with Gasteiger partial charge in [0.15, 0.2) is 0 Å². The van der Waals surface area contributed by atoms with Crippen LogP contribution in [-0.4, -0.2) is 26.2 Å². The lowest BCUT2D eigenvalue weighted by Crippen LogP contribution is -2.32. The van der Waals surface area contributed by atoms with Crippen LogP contribution in [0.5, 0.6) is 17.2 Å².